The van der Waals surface area contributed by atoms with Crippen LogP contribution in [0.15, 0.2) is 0 Å². The highest BCUT2D eigenvalue weighted by atomic mass is 16.6. The average molecular weight is 216 g/mol. The molecule has 0 aromatic rings. The summed E-state index contributed by atoms with van der Waals surface area (Å²) in [4.78, 5) is 0. The van der Waals surface area contributed by atoms with E-state index in [-0.39, 0.29) is 12.1 Å². The molecule has 2 atom stereocenters. The fraction of sp³-hybridized carbons (Fsp3) is 1.00. The molecule has 1 aliphatic heterocycles. The summed E-state index contributed by atoms with van der Waals surface area (Å²) in [7, 11) is 0. The van der Waals surface area contributed by atoms with Gasteiger partial charge in [-0.2, -0.15) is 0 Å². The summed E-state index contributed by atoms with van der Waals surface area (Å²) in [5.41, 5.74) is 2.87. The van der Waals surface area contributed by atoms with Gasteiger partial charge in [0.25, 0.3) is 0 Å². The lowest BCUT2D eigenvalue weighted by Gasteiger charge is -2.31. The average Bonchev–Trinajstić information content (AvgIpc) is 2.32. The van der Waals surface area contributed by atoms with Crippen molar-refractivity contribution in [1.29, 1.82) is 0 Å². The lowest BCUT2D eigenvalue weighted by molar-refractivity contribution is -0.104. The van der Waals surface area contributed by atoms with Crippen molar-refractivity contribution in [1.82, 2.24) is 5.43 Å². The lowest BCUT2D eigenvalue weighted by Crippen LogP contribution is -2.50. The van der Waals surface area contributed by atoms with Crippen LogP contribution in [0.3, 0.4) is 0 Å². The van der Waals surface area contributed by atoms with Gasteiger partial charge in [-0.15, -0.1) is 0 Å². The van der Waals surface area contributed by atoms with E-state index >= 15 is 0 Å². The number of ether oxygens (including phenoxy) is 2. The molecule has 1 fully saturated rings. The van der Waals surface area contributed by atoms with E-state index in [1.54, 1.807) is 0 Å². The topological polar surface area (TPSA) is 56.5 Å². The number of rotatable bonds is 6. The minimum Gasteiger partial charge on any atom is -0.376 e. The summed E-state index contributed by atoms with van der Waals surface area (Å²) in [6.07, 6.45) is 3.58. The fourth-order valence-electron chi connectivity index (χ4n) is 2.05. The summed E-state index contributed by atoms with van der Waals surface area (Å²) in [5.74, 6) is 6.29. The van der Waals surface area contributed by atoms with Crippen LogP contribution >= 0.6 is 0 Å². The summed E-state index contributed by atoms with van der Waals surface area (Å²) in [5, 5.41) is 0. The Bertz CT molecular complexity index is 157. The van der Waals surface area contributed by atoms with Crippen molar-refractivity contribution in [2.24, 2.45) is 11.8 Å². The Kier molecular flexibility index (Phi) is 6.17. The van der Waals surface area contributed by atoms with Crippen molar-refractivity contribution in [2.75, 3.05) is 19.8 Å². The van der Waals surface area contributed by atoms with Crippen LogP contribution in [-0.2, 0) is 9.47 Å². The van der Waals surface area contributed by atoms with E-state index in [4.69, 9.17) is 15.3 Å². The molecule has 1 aliphatic rings. The van der Waals surface area contributed by atoms with Crippen LogP contribution in [0.1, 0.15) is 33.1 Å². The predicted molar refractivity (Wildman–Crippen MR) is 60.4 cm³/mol. The molecule has 4 nitrogen and oxygen atoms in total. The van der Waals surface area contributed by atoms with Crippen LogP contribution in [0.2, 0.25) is 0 Å². The highest BCUT2D eigenvalue weighted by molar-refractivity contribution is 4.79. The molecule has 1 heterocycles. The van der Waals surface area contributed by atoms with Crippen molar-refractivity contribution in [3.05, 3.63) is 0 Å². The highest BCUT2D eigenvalue weighted by Gasteiger charge is 2.25. The van der Waals surface area contributed by atoms with Gasteiger partial charge in [-0.3, -0.25) is 11.3 Å². The van der Waals surface area contributed by atoms with Gasteiger partial charge in [0, 0.05) is 6.04 Å². The molecule has 0 amide bonds. The van der Waals surface area contributed by atoms with Crippen molar-refractivity contribution in [3.63, 3.8) is 0 Å². The SMILES string of the molecule is CCC(CC)CC(NN)C1COCCO1. The molecule has 4 heteroatoms. The van der Waals surface area contributed by atoms with Gasteiger partial charge in [-0.25, -0.2) is 0 Å². The van der Waals surface area contributed by atoms with Gasteiger partial charge in [0.1, 0.15) is 0 Å². The summed E-state index contributed by atoms with van der Waals surface area (Å²) in [6.45, 7) is 6.50. The van der Waals surface area contributed by atoms with Gasteiger partial charge >= 0.3 is 0 Å². The van der Waals surface area contributed by atoms with E-state index in [0.29, 0.717) is 19.8 Å². The molecule has 0 radical (unpaired) electrons. The van der Waals surface area contributed by atoms with Crippen molar-refractivity contribution >= 4 is 0 Å². The molecule has 0 bridgehead atoms. The minimum atomic E-state index is 0.115. The van der Waals surface area contributed by atoms with E-state index in [1.165, 1.54) is 12.8 Å². The number of nitrogens with one attached hydrogen (secondary N) is 1. The van der Waals surface area contributed by atoms with Crippen LogP contribution < -0.4 is 11.3 Å². The molecule has 0 aromatic heterocycles. The van der Waals surface area contributed by atoms with Gasteiger partial charge in [-0.05, 0) is 12.3 Å². The van der Waals surface area contributed by atoms with E-state index in [2.05, 4.69) is 19.3 Å². The first-order chi connectivity index (χ1) is 7.31. The second-order valence-corrected chi connectivity index (χ2v) is 4.18. The molecule has 2 unspecified atom stereocenters. The summed E-state index contributed by atoms with van der Waals surface area (Å²) < 4.78 is 11.0. The van der Waals surface area contributed by atoms with Crippen LogP contribution in [0.5, 0.6) is 0 Å². The lowest BCUT2D eigenvalue weighted by atomic mass is 9.92. The summed E-state index contributed by atoms with van der Waals surface area (Å²) >= 11 is 0. The monoisotopic (exact) mass is 216 g/mol. The Balaban J connectivity index is 2.38. The molecular formula is C11H24N2O2. The van der Waals surface area contributed by atoms with Crippen molar-refractivity contribution < 1.29 is 9.47 Å². The highest BCUT2D eigenvalue weighted by Crippen LogP contribution is 2.18. The first-order valence-corrected chi connectivity index (χ1v) is 5.97. The van der Waals surface area contributed by atoms with Crippen molar-refractivity contribution in [2.45, 2.75) is 45.3 Å². The standard InChI is InChI=1S/C11H24N2O2/c1-3-9(4-2)7-10(13-12)11-8-14-5-6-15-11/h9-11,13H,3-8,12H2,1-2H3. The zero-order chi connectivity index (χ0) is 11.1. The number of hydrazine groups is 1. The Morgan fingerprint density at radius 2 is 2.07 bits per heavy atom. The second-order valence-electron chi connectivity index (χ2n) is 4.18. The van der Waals surface area contributed by atoms with E-state index in [1.807, 2.05) is 0 Å². The molecule has 0 aliphatic carbocycles. The van der Waals surface area contributed by atoms with Gasteiger partial charge in [0.05, 0.1) is 25.9 Å². The van der Waals surface area contributed by atoms with Crippen LogP contribution in [0.25, 0.3) is 0 Å². The molecule has 0 spiro atoms. The maximum absolute atomic E-state index is 5.65. The van der Waals surface area contributed by atoms with E-state index in [9.17, 15) is 0 Å². The Labute approximate surface area is 92.5 Å². The fourth-order valence-corrected chi connectivity index (χ4v) is 2.05. The molecule has 15 heavy (non-hydrogen) atoms. The molecule has 1 saturated heterocycles. The largest absolute Gasteiger partial charge is 0.376 e. The molecule has 90 valence electrons. The van der Waals surface area contributed by atoms with E-state index in [0.717, 1.165) is 12.3 Å². The molecule has 0 aromatic carbocycles. The molecule has 1 rings (SSSR count). The Morgan fingerprint density at radius 3 is 2.53 bits per heavy atom. The third-order valence-electron chi connectivity index (χ3n) is 3.25. The number of hydrogen-bond donors (Lipinski definition) is 2. The maximum Gasteiger partial charge on any atom is 0.0975 e. The smallest absolute Gasteiger partial charge is 0.0975 e. The third kappa shape index (κ3) is 4.07. The molecular weight excluding hydrogens is 192 g/mol. The van der Waals surface area contributed by atoms with Gasteiger partial charge in [0.15, 0.2) is 0 Å². The Hall–Kier alpha value is -0.160. The summed E-state index contributed by atoms with van der Waals surface area (Å²) in [6, 6.07) is 0.218. The molecule has 0 saturated carbocycles. The zero-order valence-electron chi connectivity index (χ0n) is 9.87. The zero-order valence-corrected chi connectivity index (χ0v) is 9.87. The molecule has 3 N–H and O–H groups in total. The first kappa shape index (κ1) is 12.9. The van der Waals surface area contributed by atoms with Gasteiger partial charge in [0.2, 0.25) is 0 Å². The van der Waals surface area contributed by atoms with E-state index < -0.39 is 0 Å². The van der Waals surface area contributed by atoms with Crippen LogP contribution in [0, 0.1) is 5.92 Å². The van der Waals surface area contributed by atoms with Gasteiger partial charge in [-0.1, -0.05) is 26.7 Å². The normalized spacial score (nSPS) is 24.4. The van der Waals surface area contributed by atoms with Crippen LogP contribution in [0.4, 0.5) is 0 Å². The maximum atomic E-state index is 5.65. The first-order valence-electron chi connectivity index (χ1n) is 5.97. The number of nitrogens with two attached hydrogens (primary N) is 1. The Morgan fingerprint density at radius 1 is 1.33 bits per heavy atom. The minimum absolute atomic E-state index is 0.115. The third-order valence-corrected chi connectivity index (χ3v) is 3.25. The van der Waals surface area contributed by atoms with Crippen LogP contribution in [-0.4, -0.2) is 32.0 Å². The van der Waals surface area contributed by atoms with Gasteiger partial charge < -0.3 is 9.47 Å². The quantitative estimate of drug-likeness (QED) is 0.515. The second kappa shape index (κ2) is 7.17. The van der Waals surface area contributed by atoms with Crippen molar-refractivity contribution in [3.8, 4) is 0 Å². The number of hydrogen-bond acceptors (Lipinski definition) is 4. The predicted octanol–water partition coefficient (Wildman–Crippen LogP) is 1.06.